The van der Waals surface area contributed by atoms with Crippen LogP contribution in [-0.4, -0.2) is 20.6 Å². The van der Waals surface area contributed by atoms with Gasteiger partial charge in [-0.25, -0.2) is 9.97 Å². The van der Waals surface area contributed by atoms with Crippen LogP contribution in [0, 0.1) is 5.92 Å². The fraction of sp³-hybridized carbons (Fsp3) is 0.571. The van der Waals surface area contributed by atoms with E-state index < -0.39 is 0 Å². The van der Waals surface area contributed by atoms with E-state index in [9.17, 15) is 0 Å². The maximum atomic E-state index is 4.42. The van der Waals surface area contributed by atoms with Crippen molar-refractivity contribution in [1.82, 2.24) is 14.5 Å². The second-order valence-electron chi connectivity index (χ2n) is 4.89. The van der Waals surface area contributed by atoms with Crippen LogP contribution in [0.15, 0.2) is 18.6 Å². The molecule has 0 saturated carbocycles. The normalized spacial score (nSPS) is 13.2. The number of hydrogen-bond donors (Lipinski definition) is 1. The highest BCUT2D eigenvalue weighted by molar-refractivity contribution is 5.85. The summed E-state index contributed by atoms with van der Waals surface area (Å²) < 4.78 is 2.02. The van der Waals surface area contributed by atoms with E-state index in [1.54, 1.807) is 0 Å². The first-order valence-electron chi connectivity index (χ1n) is 6.69. The summed E-state index contributed by atoms with van der Waals surface area (Å²) in [5.74, 6) is 1.57. The zero-order valence-corrected chi connectivity index (χ0v) is 11.6. The minimum atomic E-state index is 0.417. The fourth-order valence-electron chi connectivity index (χ4n) is 2.50. The first-order valence-corrected chi connectivity index (χ1v) is 6.69. The first kappa shape index (κ1) is 12.9. The molecule has 2 rings (SSSR count). The average molecular weight is 246 g/mol. The van der Waals surface area contributed by atoms with Crippen LogP contribution in [0.5, 0.6) is 0 Å². The van der Waals surface area contributed by atoms with Gasteiger partial charge in [-0.3, -0.25) is 0 Å². The van der Waals surface area contributed by atoms with Crippen LogP contribution in [0.1, 0.15) is 33.6 Å². The number of imidazole rings is 1. The van der Waals surface area contributed by atoms with Crippen molar-refractivity contribution in [3.63, 3.8) is 0 Å². The molecule has 2 aromatic rings. The number of nitrogens with one attached hydrogen (secondary N) is 1. The molecule has 0 bridgehead atoms. The van der Waals surface area contributed by atoms with Crippen LogP contribution in [-0.2, 0) is 7.05 Å². The van der Waals surface area contributed by atoms with Gasteiger partial charge in [-0.15, -0.1) is 0 Å². The summed E-state index contributed by atoms with van der Waals surface area (Å²) in [6, 6.07) is 2.41. The summed E-state index contributed by atoms with van der Waals surface area (Å²) in [6.07, 6.45) is 6.04. The molecule has 1 unspecified atom stereocenters. The minimum Gasteiger partial charge on any atom is -0.365 e. The number of aromatic nitrogens is 3. The lowest BCUT2D eigenvalue weighted by Crippen LogP contribution is -2.25. The van der Waals surface area contributed by atoms with Crippen molar-refractivity contribution in [2.24, 2.45) is 13.0 Å². The van der Waals surface area contributed by atoms with Crippen LogP contribution >= 0.6 is 0 Å². The second-order valence-corrected chi connectivity index (χ2v) is 4.89. The molecule has 0 aliphatic rings. The van der Waals surface area contributed by atoms with Crippen molar-refractivity contribution in [3.05, 3.63) is 18.6 Å². The van der Waals surface area contributed by atoms with Gasteiger partial charge in [0.05, 0.1) is 11.8 Å². The first-order chi connectivity index (χ1) is 8.67. The number of aryl methyl sites for hydroxylation is 1. The SMILES string of the molecule is CCC(CC)C(C)Nc1nccc2c1ncn2C. The smallest absolute Gasteiger partial charge is 0.154 e. The lowest BCUT2D eigenvalue weighted by molar-refractivity contribution is 0.437. The molecule has 1 N–H and O–H groups in total. The van der Waals surface area contributed by atoms with Gasteiger partial charge in [0.25, 0.3) is 0 Å². The third kappa shape index (κ3) is 2.33. The van der Waals surface area contributed by atoms with E-state index in [1.807, 2.05) is 30.2 Å². The fourth-order valence-corrected chi connectivity index (χ4v) is 2.50. The number of rotatable bonds is 5. The van der Waals surface area contributed by atoms with Gasteiger partial charge >= 0.3 is 0 Å². The van der Waals surface area contributed by atoms with E-state index in [-0.39, 0.29) is 0 Å². The quantitative estimate of drug-likeness (QED) is 0.881. The van der Waals surface area contributed by atoms with E-state index in [4.69, 9.17) is 0 Å². The Morgan fingerprint density at radius 3 is 2.67 bits per heavy atom. The number of anilines is 1. The predicted octanol–water partition coefficient (Wildman–Crippen LogP) is 3.20. The summed E-state index contributed by atoms with van der Waals surface area (Å²) in [5, 5.41) is 3.51. The van der Waals surface area contributed by atoms with Gasteiger partial charge in [0.2, 0.25) is 0 Å². The molecule has 1 atom stereocenters. The van der Waals surface area contributed by atoms with Crippen molar-refractivity contribution < 1.29 is 0 Å². The highest BCUT2D eigenvalue weighted by Crippen LogP contribution is 2.22. The maximum absolute atomic E-state index is 4.42. The number of nitrogens with zero attached hydrogens (tertiary/aromatic N) is 3. The van der Waals surface area contributed by atoms with Gasteiger partial charge in [-0.05, 0) is 18.9 Å². The monoisotopic (exact) mass is 246 g/mol. The molecule has 0 saturated heterocycles. The molecule has 0 amide bonds. The zero-order chi connectivity index (χ0) is 13.1. The molecular weight excluding hydrogens is 224 g/mol. The van der Waals surface area contributed by atoms with Gasteiger partial charge in [0.15, 0.2) is 5.82 Å². The lowest BCUT2D eigenvalue weighted by atomic mass is 9.95. The molecule has 18 heavy (non-hydrogen) atoms. The molecule has 2 aromatic heterocycles. The van der Waals surface area contributed by atoms with Crippen molar-refractivity contribution in [2.45, 2.75) is 39.7 Å². The van der Waals surface area contributed by atoms with Crippen LogP contribution in [0.25, 0.3) is 11.0 Å². The minimum absolute atomic E-state index is 0.417. The molecule has 4 heteroatoms. The Kier molecular flexibility index (Phi) is 3.84. The largest absolute Gasteiger partial charge is 0.365 e. The van der Waals surface area contributed by atoms with Gasteiger partial charge < -0.3 is 9.88 Å². The Bertz CT molecular complexity index is 513. The second kappa shape index (κ2) is 5.38. The molecular formula is C14H22N4. The van der Waals surface area contributed by atoms with E-state index in [0.717, 1.165) is 16.9 Å². The van der Waals surface area contributed by atoms with E-state index in [1.165, 1.54) is 12.8 Å². The molecule has 0 aromatic carbocycles. The van der Waals surface area contributed by atoms with E-state index in [0.29, 0.717) is 12.0 Å². The Balaban J connectivity index is 2.26. The molecule has 0 spiro atoms. The van der Waals surface area contributed by atoms with Gasteiger partial charge in [0, 0.05) is 19.3 Å². The van der Waals surface area contributed by atoms with Gasteiger partial charge in [-0.2, -0.15) is 0 Å². The van der Waals surface area contributed by atoms with Crippen molar-refractivity contribution in [3.8, 4) is 0 Å². The molecule has 0 fully saturated rings. The molecule has 2 heterocycles. The average Bonchev–Trinajstić information content (AvgIpc) is 2.74. The van der Waals surface area contributed by atoms with Crippen LogP contribution in [0.4, 0.5) is 5.82 Å². The van der Waals surface area contributed by atoms with Crippen molar-refractivity contribution >= 4 is 16.9 Å². The Labute approximate surface area is 108 Å². The lowest BCUT2D eigenvalue weighted by Gasteiger charge is -2.23. The van der Waals surface area contributed by atoms with Crippen LogP contribution in [0.3, 0.4) is 0 Å². The maximum Gasteiger partial charge on any atom is 0.154 e. The van der Waals surface area contributed by atoms with Crippen LogP contribution in [0.2, 0.25) is 0 Å². The Morgan fingerprint density at radius 2 is 2.00 bits per heavy atom. The van der Waals surface area contributed by atoms with E-state index in [2.05, 4.69) is 36.1 Å². The molecule has 98 valence electrons. The number of pyridine rings is 1. The summed E-state index contributed by atoms with van der Waals surface area (Å²) in [4.78, 5) is 8.84. The summed E-state index contributed by atoms with van der Waals surface area (Å²) in [6.45, 7) is 6.70. The van der Waals surface area contributed by atoms with Crippen molar-refractivity contribution in [2.75, 3.05) is 5.32 Å². The third-order valence-electron chi connectivity index (χ3n) is 3.76. The molecule has 4 nitrogen and oxygen atoms in total. The van der Waals surface area contributed by atoms with Gasteiger partial charge in [-0.1, -0.05) is 26.7 Å². The molecule has 0 aliphatic carbocycles. The topological polar surface area (TPSA) is 42.7 Å². The molecule has 0 radical (unpaired) electrons. The predicted molar refractivity (Wildman–Crippen MR) is 75.7 cm³/mol. The number of fused-ring (bicyclic) bond motifs is 1. The summed E-state index contributed by atoms with van der Waals surface area (Å²) >= 11 is 0. The van der Waals surface area contributed by atoms with Crippen LogP contribution < -0.4 is 5.32 Å². The Morgan fingerprint density at radius 1 is 1.28 bits per heavy atom. The Hall–Kier alpha value is -1.58. The third-order valence-corrected chi connectivity index (χ3v) is 3.76. The van der Waals surface area contributed by atoms with E-state index >= 15 is 0 Å². The van der Waals surface area contributed by atoms with Crippen molar-refractivity contribution in [1.29, 1.82) is 0 Å². The highest BCUT2D eigenvalue weighted by atomic mass is 15.1. The molecule has 0 aliphatic heterocycles. The summed E-state index contributed by atoms with van der Waals surface area (Å²) in [7, 11) is 2.00. The van der Waals surface area contributed by atoms with Gasteiger partial charge in [0.1, 0.15) is 5.52 Å². The highest BCUT2D eigenvalue weighted by Gasteiger charge is 2.15. The number of hydrogen-bond acceptors (Lipinski definition) is 3. The summed E-state index contributed by atoms with van der Waals surface area (Å²) in [5.41, 5.74) is 2.07. The zero-order valence-electron chi connectivity index (χ0n) is 11.6. The standard InChI is InChI=1S/C14H22N4/c1-5-11(6-2)10(3)17-14-13-12(7-8-15-14)18(4)9-16-13/h7-11H,5-6H2,1-4H3,(H,15,17).